The molecule has 1 unspecified atom stereocenters. The molecule has 1 atom stereocenters. The van der Waals surface area contributed by atoms with Gasteiger partial charge in [0.15, 0.2) is 17.5 Å². The summed E-state index contributed by atoms with van der Waals surface area (Å²) in [6.45, 7) is 4.79. The SMILES string of the molecule is CN=C(NCCC(=O)Nc1cccc(Cl)c1C)NCC(C)Oc1ccccc1OC. The van der Waals surface area contributed by atoms with Gasteiger partial charge in [0, 0.05) is 30.7 Å². The lowest BCUT2D eigenvalue weighted by Crippen LogP contribution is -2.42. The summed E-state index contributed by atoms with van der Waals surface area (Å²) in [6.07, 6.45) is 0.175. The van der Waals surface area contributed by atoms with Crippen LogP contribution in [0.15, 0.2) is 47.5 Å². The number of nitrogens with one attached hydrogen (secondary N) is 3. The number of nitrogens with zero attached hydrogens (tertiary/aromatic N) is 1. The van der Waals surface area contributed by atoms with Crippen molar-refractivity contribution >= 4 is 29.2 Å². The van der Waals surface area contributed by atoms with Gasteiger partial charge in [0.25, 0.3) is 0 Å². The van der Waals surface area contributed by atoms with Crippen molar-refractivity contribution in [2.24, 2.45) is 4.99 Å². The maximum atomic E-state index is 12.2. The maximum Gasteiger partial charge on any atom is 0.226 e. The highest BCUT2D eigenvalue weighted by Gasteiger charge is 2.10. The zero-order valence-electron chi connectivity index (χ0n) is 17.8. The van der Waals surface area contributed by atoms with E-state index in [-0.39, 0.29) is 12.0 Å². The number of para-hydroxylation sites is 2. The number of hydrogen-bond acceptors (Lipinski definition) is 4. The fourth-order valence-electron chi connectivity index (χ4n) is 2.69. The molecule has 0 fully saturated rings. The molecule has 0 saturated heterocycles. The molecule has 162 valence electrons. The van der Waals surface area contributed by atoms with E-state index in [0.29, 0.717) is 42.0 Å². The van der Waals surface area contributed by atoms with Crippen LogP contribution in [0.25, 0.3) is 0 Å². The molecule has 1 amide bonds. The molecule has 3 N–H and O–H groups in total. The smallest absolute Gasteiger partial charge is 0.226 e. The van der Waals surface area contributed by atoms with Crippen LogP contribution in [0.3, 0.4) is 0 Å². The van der Waals surface area contributed by atoms with Crippen LogP contribution in [0.5, 0.6) is 11.5 Å². The van der Waals surface area contributed by atoms with Gasteiger partial charge < -0.3 is 25.4 Å². The molecule has 2 aromatic rings. The fourth-order valence-corrected chi connectivity index (χ4v) is 2.86. The summed E-state index contributed by atoms with van der Waals surface area (Å²) in [5.74, 6) is 1.87. The van der Waals surface area contributed by atoms with Crippen LogP contribution in [0, 0.1) is 6.92 Å². The van der Waals surface area contributed by atoms with Crippen LogP contribution in [0.1, 0.15) is 18.9 Å². The predicted octanol–water partition coefficient (Wildman–Crippen LogP) is 3.62. The maximum absolute atomic E-state index is 12.2. The zero-order chi connectivity index (χ0) is 21.9. The summed E-state index contributed by atoms with van der Waals surface area (Å²) >= 11 is 6.09. The van der Waals surface area contributed by atoms with E-state index in [1.807, 2.05) is 50.2 Å². The molecule has 30 heavy (non-hydrogen) atoms. The van der Waals surface area contributed by atoms with Crippen LogP contribution in [-0.4, -0.2) is 45.2 Å². The third-order valence-electron chi connectivity index (χ3n) is 4.36. The molecule has 7 nitrogen and oxygen atoms in total. The van der Waals surface area contributed by atoms with Gasteiger partial charge in [-0.05, 0) is 43.7 Å². The minimum absolute atomic E-state index is 0.101. The van der Waals surface area contributed by atoms with E-state index in [4.69, 9.17) is 21.1 Å². The summed E-state index contributed by atoms with van der Waals surface area (Å²) in [4.78, 5) is 16.4. The van der Waals surface area contributed by atoms with Gasteiger partial charge in [-0.15, -0.1) is 0 Å². The summed E-state index contributed by atoms with van der Waals surface area (Å²) in [5, 5.41) is 9.82. The van der Waals surface area contributed by atoms with E-state index in [9.17, 15) is 4.79 Å². The monoisotopic (exact) mass is 432 g/mol. The van der Waals surface area contributed by atoms with E-state index in [2.05, 4.69) is 20.9 Å². The second-order valence-corrected chi connectivity index (χ2v) is 7.08. The molecular weight excluding hydrogens is 404 g/mol. The Morgan fingerprint density at radius 1 is 1.13 bits per heavy atom. The quantitative estimate of drug-likeness (QED) is 0.416. The predicted molar refractivity (Wildman–Crippen MR) is 122 cm³/mol. The topological polar surface area (TPSA) is 84.0 Å². The van der Waals surface area contributed by atoms with Crippen molar-refractivity contribution in [1.29, 1.82) is 0 Å². The van der Waals surface area contributed by atoms with Crippen molar-refractivity contribution in [2.45, 2.75) is 26.4 Å². The van der Waals surface area contributed by atoms with Gasteiger partial charge in [-0.3, -0.25) is 9.79 Å². The van der Waals surface area contributed by atoms with Crippen molar-refractivity contribution in [1.82, 2.24) is 10.6 Å². The van der Waals surface area contributed by atoms with Crippen molar-refractivity contribution in [3.8, 4) is 11.5 Å². The second-order valence-electron chi connectivity index (χ2n) is 6.67. The Morgan fingerprint density at radius 3 is 2.57 bits per heavy atom. The number of halogens is 1. The van der Waals surface area contributed by atoms with Gasteiger partial charge in [-0.2, -0.15) is 0 Å². The molecular formula is C22H29ClN4O3. The molecule has 0 radical (unpaired) electrons. The molecule has 8 heteroatoms. The molecule has 0 saturated carbocycles. The number of methoxy groups -OCH3 is 1. The Balaban J connectivity index is 1.74. The summed E-state index contributed by atoms with van der Waals surface area (Å²) < 4.78 is 11.2. The molecule has 0 heterocycles. The highest BCUT2D eigenvalue weighted by atomic mass is 35.5. The molecule has 2 aromatic carbocycles. The molecule has 0 aliphatic carbocycles. The zero-order valence-corrected chi connectivity index (χ0v) is 18.5. The lowest BCUT2D eigenvalue weighted by atomic mass is 10.2. The minimum atomic E-state index is -0.117. The molecule has 0 aliphatic heterocycles. The van der Waals surface area contributed by atoms with E-state index in [0.717, 1.165) is 11.3 Å². The Hall–Kier alpha value is -2.93. The van der Waals surface area contributed by atoms with Crippen molar-refractivity contribution in [2.75, 3.05) is 32.6 Å². The molecule has 2 rings (SSSR count). The number of benzene rings is 2. The third kappa shape index (κ3) is 7.15. The first-order chi connectivity index (χ1) is 14.4. The highest BCUT2D eigenvalue weighted by Crippen LogP contribution is 2.26. The Bertz CT molecular complexity index is 873. The number of carbonyl (C=O) groups is 1. The van der Waals surface area contributed by atoms with Gasteiger partial charge in [0.1, 0.15) is 6.10 Å². The number of rotatable bonds is 9. The molecule has 0 aliphatic rings. The van der Waals surface area contributed by atoms with Crippen molar-refractivity contribution in [3.63, 3.8) is 0 Å². The van der Waals surface area contributed by atoms with Gasteiger partial charge in [-0.25, -0.2) is 0 Å². The van der Waals surface area contributed by atoms with Gasteiger partial charge in [-0.1, -0.05) is 29.8 Å². The summed E-state index contributed by atoms with van der Waals surface area (Å²) in [6, 6.07) is 12.9. The number of carbonyl (C=O) groups excluding carboxylic acids is 1. The average Bonchev–Trinajstić information content (AvgIpc) is 2.74. The first kappa shape index (κ1) is 23.3. The van der Waals surface area contributed by atoms with E-state index >= 15 is 0 Å². The van der Waals surface area contributed by atoms with Gasteiger partial charge in [0.05, 0.1) is 13.7 Å². The standard InChI is InChI=1S/C22H29ClN4O3/c1-15(30-20-11-6-5-10-19(20)29-4)14-26-22(24-3)25-13-12-21(28)27-18-9-7-8-17(23)16(18)2/h5-11,15H,12-14H2,1-4H3,(H,27,28)(H2,24,25,26). The van der Waals surface area contributed by atoms with Gasteiger partial charge >= 0.3 is 0 Å². The van der Waals surface area contributed by atoms with E-state index < -0.39 is 0 Å². The number of amides is 1. The lowest BCUT2D eigenvalue weighted by molar-refractivity contribution is -0.116. The number of hydrogen-bond donors (Lipinski definition) is 3. The third-order valence-corrected chi connectivity index (χ3v) is 4.77. The molecule has 0 spiro atoms. The Kier molecular flexibility index (Phi) is 9.28. The molecule has 0 bridgehead atoms. The van der Waals surface area contributed by atoms with Crippen LogP contribution in [-0.2, 0) is 4.79 Å². The molecule has 0 aromatic heterocycles. The Morgan fingerprint density at radius 2 is 1.87 bits per heavy atom. The van der Waals surface area contributed by atoms with E-state index in [1.165, 1.54) is 0 Å². The van der Waals surface area contributed by atoms with Crippen LogP contribution < -0.4 is 25.4 Å². The number of guanidine groups is 1. The number of anilines is 1. The number of ether oxygens (including phenoxy) is 2. The fraction of sp³-hybridized carbons (Fsp3) is 0.364. The first-order valence-corrected chi connectivity index (χ1v) is 10.1. The average molecular weight is 433 g/mol. The Labute approximate surface area is 182 Å². The minimum Gasteiger partial charge on any atom is -0.493 e. The van der Waals surface area contributed by atoms with Crippen LogP contribution in [0.4, 0.5) is 5.69 Å². The normalized spacial score (nSPS) is 12.1. The first-order valence-electron chi connectivity index (χ1n) is 9.73. The number of aliphatic imine (C=N–C) groups is 1. The van der Waals surface area contributed by atoms with Crippen molar-refractivity contribution in [3.05, 3.63) is 53.1 Å². The van der Waals surface area contributed by atoms with Crippen molar-refractivity contribution < 1.29 is 14.3 Å². The van der Waals surface area contributed by atoms with Crippen LogP contribution >= 0.6 is 11.6 Å². The summed E-state index contributed by atoms with van der Waals surface area (Å²) in [7, 11) is 3.29. The second kappa shape index (κ2) is 11.9. The largest absolute Gasteiger partial charge is 0.493 e. The summed E-state index contributed by atoms with van der Waals surface area (Å²) in [5.41, 5.74) is 1.57. The van der Waals surface area contributed by atoms with Crippen LogP contribution in [0.2, 0.25) is 5.02 Å². The highest BCUT2D eigenvalue weighted by molar-refractivity contribution is 6.31. The van der Waals surface area contributed by atoms with Gasteiger partial charge in [0.2, 0.25) is 5.91 Å². The lowest BCUT2D eigenvalue weighted by Gasteiger charge is -2.19. The van der Waals surface area contributed by atoms with E-state index in [1.54, 1.807) is 20.2 Å².